The number of hydrogen-bond acceptors (Lipinski definition) is 9. The van der Waals surface area contributed by atoms with Crippen LogP contribution >= 0.6 is 22.7 Å². The number of nitrogen functional groups attached to an aromatic ring is 1. The van der Waals surface area contributed by atoms with E-state index in [0.717, 1.165) is 15.6 Å². The van der Waals surface area contributed by atoms with Gasteiger partial charge in [-0.2, -0.15) is 0 Å². The predicted octanol–water partition coefficient (Wildman–Crippen LogP) is 3.14. The normalized spacial score (nSPS) is 10.9. The second-order valence-corrected chi connectivity index (χ2v) is 7.34. The molecule has 0 aliphatic rings. The van der Waals surface area contributed by atoms with Crippen LogP contribution in [0.3, 0.4) is 0 Å². The Labute approximate surface area is 162 Å². The molecule has 1 amide bonds. The van der Waals surface area contributed by atoms with Crippen LogP contribution in [-0.2, 0) is 6.54 Å². The van der Waals surface area contributed by atoms with Crippen molar-refractivity contribution in [2.75, 3.05) is 5.73 Å². The molecule has 0 spiro atoms. The number of hydrogen-bond donors (Lipinski definition) is 2. The van der Waals surface area contributed by atoms with Gasteiger partial charge in [0.15, 0.2) is 11.5 Å². The largest absolute Gasteiger partial charge is 0.443 e. The number of carbonyl (C=O) groups is 1. The van der Waals surface area contributed by atoms with Gasteiger partial charge in [0.05, 0.1) is 29.0 Å². The Kier molecular flexibility index (Phi) is 4.65. The van der Waals surface area contributed by atoms with Crippen molar-refractivity contribution in [1.82, 2.24) is 25.3 Å². The number of aryl methyl sites for hydroxylation is 1. The first-order valence-corrected chi connectivity index (χ1v) is 9.68. The van der Waals surface area contributed by atoms with Crippen molar-refractivity contribution in [3.63, 3.8) is 0 Å². The van der Waals surface area contributed by atoms with Crippen molar-refractivity contribution in [1.29, 1.82) is 0 Å². The second-order valence-electron chi connectivity index (χ2n) is 5.53. The van der Waals surface area contributed by atoms with Gasteiger partial charge in [-0.25, -0.2) is 19.9 Å². The molecule has 0 unspecified atom stereocenters. The first kappa shape index (κ1) is 17.3. The van der Waals surface area contributed by atoms with Crippen molar-refractivity contribution in [2.24, 2.45) is 0 Å². The van der Waals surface area contributed by atoms with Crippen molar-refractivity contribution < 1.29 is 9.21 Å². The third kappa shape index (κ3) is 3.57. The summed E-state index contributed by atoms with van der Waals surface area (Å²) in [5, 5.41) is 7.64. The third-order valence-electron chi connectivity index (χ3n) is 3.66. The first-order valence-electron chi connectivity index (χ1n) is 7.92. The van der Waals surface area contributed by atoms with E-state index in [9.17, 15) is 4.79 Å². The minimum Gasteiger partial charge on any atom is -0.443 e. The molecule has 4 aromatic heterocycles. The van der Waals surface area contributed by atoms with Crippen molar-refractivity contribution >= 4 is 34.4 Å². The summed E-state index contributed by atoms with van der Waals surface area (Å²) in [5.41, 5.74) is 7.68. The van der Waals surface area contributed by atoms with Crippen LogP contribution in [0.1, 0.15) is 21.9 Å². The Balaban J connectivity index is 1.48. The van der Waals surface area contributed by atoms with Crippen LogP contribution in [0.2, 0.25) is 0 Å². The number of aromatic nitrogens is 4. The Morgan fingerprint density at radius 2 is 2.19 bits per heavy atom. The molecule has 0 aliphatic heterocycles. The average Bonchev–Trinajstić information content (AvgIpc) is 3.41. The number of oxazole rings is 1. The molecule has 4 aromatic rings. The van der Waals surface area contributed by atoms with Gasteiger partial charge in [-0.1, -0.05) is 6.07 Å². The molecule has 0 saturated carbocycles. The fourth-order valence-corrected chi connectivity index (χ4v) is 4.03. The highest BCUT2D eigenvalue weighted by molar-refractivity contribution is 7.20. The highest BCUT2D eigenvalue weighted by Crippen LogP contribution is 2.27. The van der Waals surface area contributed by atoms with Crippen LogP contribution in [0.4, 0.5) is 5.82 Å². The molecule has 0 fully saturated rings. The number of thiazole rings is 1. The van der Waals surface area contributed by atoms with E-state index in [4.69, 9.17) is 10.2 Å². The molecule has 4 heterocycles. The van der Waals surface area contributed by atoms with Crippen LogP contribution in [0.15, 0.2) is 39.8 Å². The summed E-state index contributed by atoms with van der Waals surface area (Å²) < 4.78 is 5.22. The molecule has 0 saturated heterocycles. The molecule has 0 aliphatic carbocycles. The molecule has 136 valence electrons. The van der Waals surface area contributed by atoms with Gasteiger partial charge < -0.3 is 15.5 Å². The van der Waals surface area contributed by atoms with Gasteiger partial charge in [0.2, 0.25) is 5.89 Å². The third-order valence-corrected chi connectivity index (χ3v) is 5.59. The molecule has 0 bridgehead atoms. The lowest BCUT2D eigenvalue weighted by atomic mass is 10.2. The van der Waals surface area contributed by atoms with E-state index >= 15 is 0 Å². The van der Waals surface area contributed by atoms with Crippen molar-refractivity contribution in [3.8, 4) is 21.5 Å². The van der Waals surface area contributed by atoms with Crippen LogP contribution in [0.25, 0.3) is 21.5 Å². The van der Waals surface area contributed by atoms with Crippen LogP contribution in [-0.4, -0.2) is 25.8 Å². The second kappa shape index (κ2) is 7.25. The summed E-state index contributed by atoms with van der Waals surface area (Å²) in [6, 6.07) is 3.99. The SMILES string of the molecule is Cc1nc(C(=O)NCc2csc(-c3cccs3)n2)c(N)nc1-c1ncco1. The number of carbonyl (C=O) groups excluding carboxylic acids is 1. The van der Waals surface area contributed by atoms with E-state index in [1.165, 1.54) is 23.8 Å². The van der Waals surface area contributed by atoms with E-state index < -0.39 is 5.91 Å². The fraction of sp³-hybridized carbons (Fsp3) is 0.118. The number of anilines is 1. The summed E-state index contributed by atoms with van der Waals surface area (Å²) in [6.07, 6.45) is 2.94. The minimum absolute atomic E-state index is 0.0175. The molecule has 8 nitrogen and oxygen atoms in total. The topological polar surface area (TPSA) is 120 Å². The first-order chi connectivity index (χ1) is 13.1. The minimum atomic E-state index is -0.410. The van der Waals surface area contributed by atoms with Crippen molar-refractivity contribution in [3.05, 3.63) is 52.4 Å². The lowest BCUT2D eigenvalue weighted by Crippen LogP contribution is -2.26. The zero-order chi connectivity index (χ0) is 18.8. The number of amides is 1. The van der Waals surface area contributed by atoms with Crippen molar-refractivity contribution in [2.45, 2.75) is 13.5 Å². The zero-order valence-corrected chi connectivity index (χ0v) is 15.8. The number of nitrogens with zero attached hydrogens (tertiary/aromatic N) is 4. The summed E-state index contributed by atoms with van der Waals surface area (Å²) >= 11 is 3.17. The molecular weight excluding hydrogens is 384 g/mol. The molecular formula is C17H14N6O2S2. The van der Waals surface area contributed by atoms with E-state index in [2.05, 4.69) is 25.3 Å². The maximum Gasteiger partial charge on any atom is 0.274 e. The molecule has 27 heavy (non-hydrogen) atoms. The van der Waals surface area contributed by atoms with E-state index in [-0.39, 0.29) is 18.1 Å². The number of nitrogens with one attached hydrogen (secondary N) is 1. The van der Waals surface area contributed by atoms with Crippen LogP contribution in [0, 0.1) is 6.92 Å². The van der Waals surface area contributed by atoms with E-state index in [1.807, 2.05) is 22.9 Å². The lowest BCUT2D eigenvalue weighted by Gasteiger charge is -2.08. The van der Waals surface area contributed by atoms with Gasteiger partial charge in [-0.3, -0.25) is 4.79 Å². The Morgan fingerprint density at radius 3 is 2.93 bits per heavy atom. The molecule has 0 atom stereocenters. The van der Waals surface area contributed by atoms with Gasteiger partial charge in [-0.15, -0.1) is 22.7 Å². The maximum atomic E-state index is 12.5. The average molecular weight is 398 g/mol. The van der Waals surface area contributed by atoms with E-state index in [0.29, 0.717) is 17.3 Å². The summed E-state index contributed by atoms with van der Waals surface area (Å²) in [4.78, 5) is 30.6. The Morgan fingerprint density at radius 1 is 1.30 bits per heavy atom. The number of rotatable bonds is 5. The summed E-state index contributed by atoms with van der Waals surface area (Å²) in [7, 11) is 0. The number of nitrogens with two attached hydrogens (primary N) is 1. The van der Waals surface area contributed by atoms with Gasteiger partial charge in [0, 0.05) is 5.38 Å². The van der Waals surface area contributed by atoms with E-state index in [1.54, 1.807) is 18.3 Å². The Bertz CT molecular complexity index is 1070. The molecule has 3 N–H and O–H groups in total. The maximum absolute atomic E-state index is 12.5. The molecule has 10 heteroatoms. The fourth-order valence-electron chi connectivity index (χ4n) is 2.40. The number of thiophene rings is 1. The smallest absolute Gasteiger partial charge is 0.274 e. The monoisotopic (exact) mass is 398 g/mol. The van der Waals surface area contributed by atoms with Gasteiger partial charge >= 0.3 is 0 Å². The zero-order valence-electron chi connectivity index (χ0n) is 14.2. The van der Waals surface area contributed by atoms with Crippen LogP contribution in [0.5, 0.6) is 0 Å². The summed E-state index contributed by atoms with van der Waals surface area (Å²) in [6.45, 7) is 2.00. The highest BCUT2D eigenvalue weighted by Gasteiger charge is 2.19. The Hall–Kier alpha value is -3.11. The van der Waals surface area contributed by atoms with Gasteiger partial charge in [-0.05, 0) is 18.4 Å². The standard InChI is InChI=1S/C17H14N6O2S2/c1-9-12(16-19-4-5-25-16)23-14(18)13(21-9)15(24)20-7-10-8-27-17(22-10)11-3-2-6-26-11/h2-6,8H,7H2,1H3,(H2,18,23)(H,20,24). The quantitative estimate of drug-likeness (QED) is 0.530. The lowest BCUT2D eigenvalue weighted by molar-refractivity contribution is 0.0946. The van der Waals surface area contributed by atoms with Crippen LogP contribution < -0.4 is 11.1 Å². The summed E-state index contributed by atoms with van der Waals surface area (Å²) in [5.74, 6) is -0.0844. The molecule has 0 aromatic carbocycles. The predicted molar refractivity (Wildman–Crippen MR) is 103 cm³/mol. The highest BCUT2D eigenvalue weighted by atomic mass is 32.1. The molecule has 4 rings (SSSR count). The van der Waals surface area contributed by atoms with Gasteiger partial charge in [0.1, 0.15) is 17.0 Å². The van der Waals surface area contributed by atoms with Gasteiger partial charge in [0.25, 0.3) is 5.91 Å². The molecule has 0 radical (unpaired) electrons.